The van der Waals surface area contributed by atoms with Gasteiger partial charge in [0.2, 0.25) is 0 Å². The van der Waals surface area contributed by atoms with E-state index in [4.69, 9.17) is 0 Å². The van der Waals surface area contributed by atoms with Gasteiger partial charge in [-0.25, -0.2) is 0 Å². The topological polar surface area (TPSA) is 29.1 Å². The van der Waals surface area contributed by atoms with E-state index in [1.54, 1.807) is 0 Å². The van der Waals surface area contributed by atoms with Gasteiger partial charge in [-0.1, -0.05) is 19.3 Å². The third kappa shape index (κ3) is 2.32. The second-order valence-corrected chi connectivity index (χ2v) is 5.95. The van der Waals surface area contributed by atoms with Gasteiger partial charge in [-0.3, -0.25) is 4.21 Å². The molecular weight excluding hydrogens is 182 g/mol. The zero-order valence-electron chi connectivity index (χ0n) is 8.13. The molecule has 0 aromatic heterocycles. The van der Waals surface area contributed by atoms with Crippen molar-refractivity contribution in [1.29, 1.82) is 0 Å². The van der Waals surface area contributed by atoms with E-state index in [0.717, 1.165) is 18.7 Å². The summed E-state index contributed by atoms with van der Waals surface area (Å²) in [7, 11) is -0.548. The lowest BCUT2D eigenvalue weighted by Gasteiger charge is -2.22. The molecule has 0 amide bonds. The average Bonchev–Trinajstić information content (AvgIpc) is 2.43. The zero-order valence-corrected chi connectivity index (χ0v) is 8.94. The van der Waals surface area contributed by atoms with Gasteiger partial charge in [0, 0.05) is 22.6 Å². The Morgan fingerprint density at radius 1 is 1.08 bits per heavy atom. The van der Waals surface area contributed by atoms with Gasteiger partial charge in [0.25, 0.3) is 0 Å². The summed E-state index contributed by atoms with van der Waals surface area (Å²) < 4.78 is 11.9. The number of hydrogen-bond acceptors (Lipinski definition) is 2. The molecule has 76 valence electrons. The second kappa shape index (κ2) is 4.56. The van der Waals surface area contributed by atoms with Crippen LogP contribution in [-0.4, -0.2) is 27.8 Å². The molecule has 1 aliphatic carbocycles. The largest absolute Gasteiger partial charge is 0.313 e. The van der Waals surface area contributed by atoms with Crippen molar-refractivity contribution >= 4 is 10.8 Å². The highest BCUT2D eigenvalue weighted by Gasteiger charge is 2.29. The van der Waals surface area contributed by atoms with Crippen molar-refractivity contribution in [2.75, 3.05) is 12.3 Å². The molecule has 2 aliphatic rings. The molecule has 2 nitrogen and oxygen atoms in total. The van der Waals surface area contributed by atoms with Crippen molar-refractivity contribution in [3.63, 3.8) is 0 Å². The fourth-order valence-corrected chi connectivity index (χ4v) is 4.23. The SMILES string of the molecule is O=S1CCCNC2CCCCCC21. The van der Waals surface area contributed by atoms with E-state index in [2.05, 4.69) is 5.32 Å². The van der Waals surface area contributed by atoms with Gasteiger partial charge in [-0.05, 0) is 25.8 Å². The van der Waals surface area contributed by atoms with Gasteiger partial charge in [0.15, 0.2) is 0 Å². The highest BCUT2D eigenvalue weighted by atomic mass is 32.2. The smallest absolute Gasteiger partial charge is 0.0501 e. The molecule has 3 heteroatoms. The first-order valence-electron chi connectivity index (χ1n) is 5.48. The molecule has 1 saturated heterocycles. The first-order chi connectivity index (χ1) is 6.38. The molecule has 0 spiro atoms. The fraction of sp³-hybridized carbons (Fsp3) is 1.00. The number of fused-ring (bicyclic) bond motifs is 1. The predicted molar refractivity (Wildman–Crippen MR) is 56.3 cm³/mol. The fourth-order valence-electron chi connectivity index (χ4n) is 2.48. The molecule has 3 atom stereocenters. The van der Waals surface area contributed by atoms with Crippen LogP contribution in [0.3, 0.4) is 0 Å². The average molecular weight is 201 g/mol. The van der Waals surface area contributed by atoms with E-state index >= 15 is 0 Å². The third-order valence-corrected chi connectivity index (χ3v) is 5.15. The Bertz CT molecular complexity index is 193. The summed E-state index contributed by atoms with van der Waals surface area (Å²) in [6.45, 7) is 1.08. The van der Waals surface area contributed by atoms with Crippen LogP contribution in [0, 0.1) is 0 Å². The minimum atomic E-state index is -0.548. The van der Waals surface area contributed by atoms with Gasteiger partial charge >= 0.3 is 0 Å². The van der Waals surface area contributed by atoms with Crippen molar-refractivity contribution < 1.29 is 4.21 Å². The molecule has 0 aromatic rings. The van der Waals surface area contributed by atoms with Crippen molar-refractivity contribution in [1.82, 2.24) is 5.32 Å². The van der Waals surface area contributed by atoms with Crippen LogP contribution in [0.4, 0.5) is 0 Å². The lowest BCUT2D eigenvalue weighted by Crippen LogP contribution is -2.39. The van der Waals surface area contributed by atoms with Crippen LogP contribution in [0.1, 0.15) is 38.5 Å². The molecule has 3 unspecified atom stereocenters. The Hall–Kier alpha value is 0.110. The van der Waals surface area contributed by atoms with Gasteiger partial charge in [0.05, 0.1) is 5.25 Å². The maximum absolute atomic E-state index is 11.9. The van der Waals surface area contributed by atoms with E-state index in [0.29, 0.717) is 11.3 Å². The highest BCUT2D eigenvalue weighted by Crippen LogP contribution is 2.23. The summed E-state index contributed by atoms with van der Waals surface area (Å²) in [4.78, 5) is 0. The Kier molecular flexibility index (Phi) is 3.39. The van der Waals surface area contributed by atoms with Crippen LogP contribution in [0.2, 0.25) is 0 Å². The maximum atomic E-state index is 11.9. The highest BCUT2D eigenvalue weighted by molar-refractivity contribution is 7.85. The van der Waals surface area contributed by atoms with Crippen LogP contribution >= 0.6 is 0 Å². The van der Waals surface area contributed by atoms with Gasteiger partial charge in [-0.15, -0.1) is 0 Å². The van der Waals surface area contributed by atoms with Gasteiger partial charge < -0.3 is 5.32 Å². The van der Waals surface area contributed by atoms with Crippen LogP contribution in [-0.2, 0) is 10.8 Å². The lowest BCUT2D eigenvalue weighted by atomic mass is 10.1. The summed E-state index contributed by atoms with van der Waals surface area (Å²) in [5, 5.41) is 4.02. The molecule has 0 bridgehead atoms. The van der Waals surface area contributed by atoms with Crippen molar-refractivity contribution in [3.05, 3.63) is 0 Å². The van der Waals surface area contributed by atoms with E-state index in [1.807, 2.05) is 0 Å². The number of rotatable bonds is 0. The molecule has 1 heterocycles. The molecule has 2 fully saturated rings. The second-order valence-electron chi connectivity index (χ2n) is 4.18. The molecule has 0 radical (unpaired) electrons. The van der Waals surface area contributed by atoms with Crippen LogP contribution in [0.15, 0.2) is 0 Å². The molecule has 1 N–H and O–H groups in total. The van der Waals surface area contributed by atoms with Gasteiger partial charge in [0.1, 0.15) is 0 Å². The molecule has 0 aromatic carbocycles. The Balaban J connectivity index is 2.07. The lowest BCUT2D eigenvalue weighted by molar-refractivity contribution is 0.475. The minimum Gasteiger partial charge on any atom is -0.313 e. The molecular formula is C10H19NOS. The zero-order chi connectivity index (χ0) is 9.10. The van der Waals surface area contributed by atoms with Crippen LogP contribution in [0.25, 0.3) is 0 Å². The quantitative estimate of drug-likeness (QED) is 0.642. The molecule has 2 rings (SSSR count). The van der Waals surface area contributed by atoms with E-state index in [9.17, 15) is 4.21 Å². The van der Waals surface area contributed by atoms with Crippen molar-refractivity contribution in [2.45, 2.75) is 49.8 Å². The molecule has 1 aliphatic heterocycles. The standard InChI is InChI=1S/C10H19NOS/c12-13-8-4-7-11-9-5-2-1-3-6-10(9)13/h9-11H,1-8H2. The van der Waals surface area contributed by atoms with Gasteiger partial charge in [-0.2, -0.15) is 0 Å². The summed E-state index contributed by atoms with van der Waals surface area (Å²) in [6, 6.07) is 0.561. The Labute approximate surface area is 82.9 Å². The van der Waals surface area contributed by atoms with E-state index in [-0.39, 0.29) is 0 Å². The van der Waals surface area contributed by atoms with E-state index < -0.39 is 10.8 Å². The summed E-state index contributed by atoms with van der Waals surface area (Å²) in [5.41, 5.74) is 0. The first kappa shape index (κ1) is 9.66. The maximum Gasteiger partial charge on any atom is 0.0501 e. The molecule has 13 heavy (non-hydrogen) atoms. The van der Waals surface area contributed by atoms with E-state index in [1.165, 1.54) is 32.1 Å². The Morgan fingerprint density at radius 2 is 1.92 bits per heavy atom. The molecule has 1 saturated carbocycles. The van der Waals surface area contributed by atoms with Crippen molar-refractivity contribution in [2.24, 2.45) is 0 Å². The summed E-state index contributed by atoms with van der Waals surface area (Å²) >= 11 is 0. The predicted octanol–water partition coefficient (Wildman–Crippen LogP) is 1.43. The first-order valence-corrected chi connectivity index (χ1v) is 6.87. The summed E-state index contributed by atoms with van der Waals surface area (Å²) in [5.74, 6) is 0.925. The van der Waals surface area contributed by atoms with Crippen LogP contribution < -0.4 is 5.32 Å². The Morgan fingerprint density at radius 3 is 2.85 bits per heavy atom. The normalized spacial score (nSPS) is 41.7. The van der Waals surface area contributed by atoms with Crippen LogP contribution in [0.5, 0.6) is 0 Å². The number of hydrogen-bond donors (Lipinski definition) is 1. The minimum absolute atomic E-state index is 0.463. The number of nitrogens with one attached hydrogen (secondary N) is 1. The monoisotopic (exact) mass is 201 g/mol. The summed E-state index contributed by atoms with van der Waals surface area (Å²) in [6.07, 6.45) is 7.48. The third-order valence-electron chi connectivity index (χ3n) is 3.22. The van der Waals surface area contributed by atoms with Crippen molar-refractivity contribution in [3.8, 4) is 0 Å².